The first-order valence-corrected chi connectivity index (χ1v) is 12.6. The molecule has 0 saturated carbocycles. The van der Waals surface area contributed by atoms with E-state index >= 15 is 0 Å². The van der Waals surface area contributed by atoms with Crippen LogP contribution in [0.1, 0.15) is 24.1 Å². The van der Waals surface area contributed by atoms with Crippen LogP contribution in [-0.4, -0.2) is 27.9 Å². The molecule has 2 aromatic carbocycles. The molecule has 0 aliphatic rings. The first-order chi connectivity index (χ1) is 15.4. The van der Waals surface area contributed by atoms with Crippen LogP contribution in [0, 0.1) is 0 Å². The fraction of sp³-hybridized carbons (Fsp3) is 0.174. The number of imidazole rings is 1. The van der Waals surface area contributed by atoms with Gasteiger partial charge in [-0.25, -0.2) is 28.1 Å². The number of fused-ring (bicyclic) bond motifs is 3. The van der Waals surface area contributed by atoms with Gasteiger partial charge < -0.3 is 4.57 Å². The Morgan fingerprint density at radius 2 is 1.91 bits per heavy atom. The van der Waals surface area contributed by atoms with E-state index in [1.54, 1.807) is 12.5 Å². The molecular weight excluding hydrogens is 442 g/mol. The van der Waals surface area contributed by atoms with Crippen LogP contribution in [0.15, 0.2) is 67.1 Å². The molecule has 0 saturated heterocycles. The molecule has 1 atom stereocenters. The Morgan fingerprint density at radius 3 is 2.72 bits per heavy atom. The topological polar surface area (TPSA) is 89.8 Å². The van der Waals surface area contributed by atoms with Crippen molar-refractivity contribution in [2.45, 2.75) is 18.7 Å². The van der Waals surface area contributed by atoms with Gasteiger partial charge in [-0.2, -0.15) is 0 Å². The minimum Gasteiger partial charge on any atom is -0.332 e. The van der Waals surface area contributed by atoms with Gasteiger partial charge in [0.15, 0.2) is 0 Å². The van der Waals surface area contributed by atoms with Gasteiger partial charge in [0.25, 0.3) is 0 Å². The van der Waals surface area contributed by atoms with E-state index in [0.717, 1.165) is 43.1 Å². The van der Waals surface area contributed by atoms with Crippen LogP contribution in [0.2, 0.25) is 0 Å². The summed E-state index contributed by atoms with van der Waals surface area (Å²) < 4.78 is 30.0. The Bertz CT molecular complexity index is 1520. The highest BCUT2D eigenvalue weighted by atomic mass is 32.2. The lowest BCUT2D eigenvalue weighted by atomic mass is 10.1. The minimum absolute atomic E-state index is 0.0535. The number of sulfonamides is 1. The summed E-state index contributed by atoms with van der Waals surface area (Å²) in [7, 11) is -1.54. The molecule has 1 N–H and O–H groups in total. The van der Waals surface area contributed by atoms with E-state index in [-0.39, 0.29) is 11.8 Å². The van der Waals surface area contributed by atoms with E-state index in [1.165, 1.54) is 11.3 Å². The second-order valence-corrected chi connectivity index (χ2v) is 10.5. The number of benzene rings is 2. The smallest absolute Gasteiger partial charge is 0.216 e. The van der Waals surface area contributed by atoms with Gasteiger partial charge >= 0.3 is 0 Å². The van der Waals surface area contributed by atoms with Crippen molar-refractivity contribution in [3.8, 4) is 10.6 Å². The minimum atomic E-state index is -3.49. The lowest BCUT2D eigenvalue weighted by Crippen LogP contribution is -2.28. The summed E-state index contributed by atoms with van der Waals surface area (Å²) in [5.74, 6) is -0.0535. The molecule has 32 heavy (non-hydrogen) atoms. The molecule has 0 bridgehead atoms. The summed E-state index contributed by atoms with van der Waals surface area (Å²) in [5, 5.41) is 0.836. The highest BCUT2D eigenvalue weighted by Gasteiger charge is 2.18. The first kappa shape index (κ1) is 20.7. The zero-order chi connectivity index (χ0) is 22.3. The van der Waals surface area contributed by atoms with Crippen molar-refractivity contribution in [2.24, 2.45) is 7.05 Å². The van der Waals surface area contributed by atoms with Crippen LogP contribution in [-0.2, 0) is 22.8 Å². The van der Waals surface area contributed by atoms with E-state index in [4.69, 9.17) is 4.98 Å². The summed E-state index contributed by atoms with van der Waals surface area (Å²) in [6, 6.07) is 16.6. The number of hydrogen-bond donors (Lipinski definition) is 1. The predicted molar refractivity (Wildman–Crippen MR) is 128 cm³/mol. The molecule has 0 spiro atoms. The molecule has 0 aliphatic carbocycles. The normalized spacial score (nSPS) is 13.1. The number of aromatic nitrogens is 4. The summed E-state index contributed by atoms with van der Waals surface area (Å²) >= 11 is 1.51. The van der Waals surface area contributed by atoms with Crippen LogP contribution in [0.4, 0.5) is 0 Å². The van der Waals surface area contributed by atoms with Crippen molar-refractivity contribution in [1.82, 2.24) is 24.2 Å². The monoisotopic (exact) mass is 463 g/mol. The number of nitrogens with zero attached hydrogens (tertiary/aromatic N) is 4. The van der Waals surface area contributed by atoms with Crippen molar-refractivity contribution in [3.63, 3.8) is 0 Å². The largest absolute Gasteiger partial charge is 0.332 e. The predicted octanol–water partition coefficient (Wildman–Crippen LogP) is 4.43. The van der Waals surface area contributed by atoms with Gasteiger partial charge in [0.05, 0.1) is 23.8 Å². The van der Waals surface area contributed by atoms with E-state index in [1.807, 2.05) is 73.1 Å². The third kappa shape index (κ3) is 4.02. The van der Waals surface area contributed by atoms with Gasteiger partial charge in [0.1, 0.15) is 20.9 Å². The maximum Gasteiger partial charge on any atom is 0.216 e. The molecule has 0 radical (unpaired) electrons. The second-order valence-electron chi connectivity index (χ2n) is 7.73. The molecule has 5 aromatic rings. The van der Waals surface area contributed by atoms with Gasteiger partial charge in [0.2, 0.25) is 10.0 Å². The van der Waals surface area contributed by atoms with Gasteiger partial charge in [-0.15, -0.1) is 0 Å². The average molecular weight is 464 g/mol. The highest BCUT2D eigenvalue weighted by molar-refractivity contribution is 7.88. The Kier molecular flexibility index (Phi) is 5.24. The molecule has 3 heterocycles. The van der Waals surface area contributed by atoms with Crippen molar-refractivity contribution < 1.29 is 8.42 Å². The number of pyridine rings is 1. The number of nitrogens with one attached hydrogen (secondary N) is 1. The molecule has 0 amide bonds. The quantitative estimate of drug-likeness (QED) is 0.402. The molecule has 3 aromatic heterocycles. The number of thiazole rings is 1. The van der Waals surface area contributed by atoms with Crippen LogP contribution >= 0.6 is 11.3 Å². The van der Waals surface area contributed by atoms with Crippen LogP contribution in [0.3, 0.4) is 0 Å². The van der Waals surface area contributed by atoms with E-state index in [0.29, 0.717) is 0 Å². The third-order valence-corrected chi connectivity index (χ3v) is 7.73. The zero-order valence-corrected chi connectivity index (χ0v) is 19.2. The highest BCUT2D eigenvalue weighted by Crippen LogP contribution is 2.33. The maximum absolute atomic E-state index is 12.6. The Labute approximate surface area is 189 Å². The van der Waals surface area contributed by atoms with Gasteiger partial charge in [-0.3, -0.25) is 0 Å². The first-order valence-electron chi connectivity index (χ1n) is 10.1. The Morgan fingerprint density at radius 1 is 1.09 bits per heavy atom. The molecular formula is C23H21N5O2S2. The summed E-state index contributed by atoms with van der Waals surface area (Å²) in [6.07, 6.45) is 3.52. The average Bonchev–Trinajstić information content (AvgIpc) is 3.37. The summed E-state index contributed by atoms with van der Waals surface area (Å²) in [6.45, 7) is 1.85. The lowest BCUT2D eigenvalue weighted by Gasteiger charge is -2.15. The standard InChI is InChI=1S/C23H21N5O2S2/c1-15(27-32(29,30)13-16-7-4-3-5-8-16)17-9-6-10-18(11-17)22-26-20-21-19(25-14-28(21)2)12-24-23(20)31-22/h3-12,14-15,27H,13H2,1-2H3/t15-/m0/s1. The molecule has 5 rings (SSSR count). The second kappa shape index (κ2) is 8.09. The maximum atomic E-state index is 12.6. The molecule has 0 aliphatic heterocycles. The van der Waals surface area contributed by atoms with E-state index in [9.17, 15) is 8.42 Å². The molecule has 7 nitrogen and oxygen atoms in total. The Hall–Kier alpha value is -3.14. The molecule has 9 heteroatoms. The fourth-order valence-electron chi connectivity index (χ4n) is 3.74. The number of hydrogen-bond acceptors (Lipinski definition) is 6. The van der Waals surface area contributed by atoms with E-state index in [2.05, 4.69) is 14.7 Å². The van der Waals surface area contributed by atoms with Crippen molar-refractivity contribution in [1.29, 1.82) is 0 Å². The van der Waals surface area contributed by atoms with E-state index < -0.39 is 10.0 Å². The van der Waals surface area contributed by atoms with Gasteiger partial charge in [-0.05, 0) is 24.1 Å². The SMILES string of the molecule is C[C@H](NS(=O)(=O)Cc1ccccc1)c1cccc(-c2nc3c(ncc4ncn(C)c43)s2)c1. The van der Waals surface area contributed by atoms with Crippen molar-refractivity contribution in [3.05, 3.63) is 78.2 Å². The molecule has 0 fully saturated rings. The van der Waals surface area contributed by atoms with Crippen LogP contribution < -0.4 is 4.72 Å². The van der Waals surface area contributed by atoms with Crippen LogP contribution in [0.25, 0.3) is 32.0 Å². The number of aryl methyl sites for hydroxylation is 1. The lowest BCUT2D eigenvalue weighted by molar-refractivity contribution is 0.566. The number of rotatable bonds is 6. The van der Waals surface area contributed by atoms with Crippen molar-refractivity contribution >= 4 is 42.7 Å². The van der Waals surface area contributed by atoms with Crippen LogP contribution in [0.5, 0.6) is 0 Å². The fourth-order valence-corrected chi connectivity index (χ4v) is 6.04. The molecule has 0 unspecified atom stereocenters. The van der Waals surface area contributed by atoms with Gasteiger partial charge in [-0.1, -0.05) is 59.9 Å². The summed E-state index contributed by atoms with van der Waals surface area (Å²) in [5.41, 5.74) is 5.14. The van der Waals surface area contributed by atoms with Gasteiger partial charge in [0, 0.05) is 18.7 Å². The summed E-state index contributed by atoms with van der Waals surface area (Å²) in [4.78, 5) is 14.5. The van der Waals surface area contributed by atoms with Crippen molar-refractivity contribution in [2.75, 3.05) is 0 Å². The molecule has 162 valence electrons. The zero-order valence-electron chi connectivity index (χ0n) is 17.6. The third-order valence-electron chi connectivity index (χ3n) is 5.29. The Balaban J connectivity index is 1.43.